The van der Waals surface area contributed by atoms with Crippen LogP contribution in [0, 0.1) is 19.8 Å². The van der Waals surface area contributed by atoms with E-state index in [1.165, 1.54) is 0 Å². The normalized spacial score (nSPS) is 12.6. The molecule has 5 heteroatoms. The number of hydrogen-bond donors (Lipinski definition) is 3. The van der Waals surface area contributed by atoms with Gasteiger partial charge in [-0.2, -0.15) is 0 Å². The monoisotopic (exact) mass is 266 g/mol. The highest BCUT2D eigenvalue weighted by Crippen LogP contribution is 2.20. The molecule has 0 amide bonds. The van der Waals surface area contributed by atoms with E-state index < -0.39 is 0 Å². The molecule has 0 aliphatic carbocycles. The van der Waals surface area contributed by atoms with E-state index in [1.54, 1.807) is 0 Å². The van der Waals surface area contributed by atoms with Crippen molar-refractivity contribution in [3.05, 3.63) is 11.4 Å². The second-order valence-electron chi connectivity index (χ2n) is 5.21. The number of aliphatic hydroxyl groups is 1. The second-order valence-corrected chi connectivity index (χ2v) is 5.21. The summed E-state index contributed by atoms with van der Waals surface area (Å²) in [5, 5.41) is 16.3. The van der Waals surface area contributed by atoms with Crippen LogP contribution in [0.1, 0.15) is 38.6 Å². The minimum atomic E-state index is -0.373. The Morgan fingerprint density at radius 2 is 1.68 bits per heavy atom. The summed E-state index contributed by atoms with van der Waals surface area (Å²) >= 11 is 0. The smallest absolute Gasteiger partial charge is 0.134 e. The molecule has 0 aliphatic heterocycles. The van der Waals surface area contributed by atoms with Gasteiger partial charge in [0, 0.05) is 18.7 Å². The molecule has 19 heavy (non-hydrogen) atoms. The average Bonchev–Trinajstić information content (AvgIpc) is 2.37. The van der Waals surface area contributed by atoms with Crippen molar-refractivity contribution in [1.82, 2.24) is 9.97 Å². The summed E-state index contributed by atoms with van der Waals surface area (Å²) in [5.74, 6) is 2.63. The molecule has 0 fully saturated rings. The topological polar surface area (TPSA) is 70.1 Å². The number of aromatic nitrogens is 2. The molecule has 0 radical (unpaired) electrons. The van der Waals surface area contributed by atoms with Gasteiger partial charge in [0.05, 0.1) is 6.10 Å². The van der Waals surface area contributed by atoms with E-state index >= 15 is 0 Å². The molecule has 1 atom stereocenters. The van der Waals surface area contributed by atoms with Crippen LogP contribution in [0.2, 0.25) is 0 Å². The van der Waals surface area contributed by atoms with Crippen LogP contribution in [0.5, 0.6) is 0 Å². The Morgan fingerprint density at radius 3 is 2.21 bits per heavy atom. The molecule has 0 spiro atoms. The molecule has 5 nitrogen and oxygen atoms in total. The summed E-state index contributed by atoms with van der Waals surface area (Å²) in [7, 11) is 0. The molecule has 0 aliphatic rings. The van der Waals surface area contributed by atoms with Crippen LogP contribution in [0.3, 0.4) is 0 Å². The van der Waals surface area contributed by atoms with Crippen molar-refractivity contribution in [3.63, 3.8) is 0 Å². The molecular weight excluding hydrogens is 240 g/mol. The summed E-state index contributed by atoms with van der Waals surface area (Å²) in [4.78, 5) is 8.81. The Balaban J connectivity index is 2.79. The number of aliphatic hydroxyl groups excluding tert-OH is 1. The highest BCUT2D eigenvalue weighted by atomic mass is 16.3. The van der Waals surface area contributed by atoms with Crippen molar-refractivity contribution in [2.75, 3.05) is 23.7 Å². The molecule has 0 saturated carbocycles. The first-order valence-corrected chi connectivity index (χ1v) is 6.96. The number of aryl methyl sites for hydroxylation is 1. The summed E-state index contributed by atoms with van der Waals surface area (Å²) in [6.07, 6.45) is 0.679. The molecule has 1 rings (SSSR count). The zero-order valence-corrected chi connectivity index (χ0v) is 12.6. The number of rotatable bonds is 7. The van der Waals surface area contributed by atoms with Crippen LogP contribution in [0.15, 0.2) is 0 Å². The second kappa shape index (κ2) is 7.28. The van der Waals surface area contributed by atoms with Gasteiger partial charge in [-0.25, -0.2) is 9.97 Å². The fraction of sp³-hybridized carbons (Fsp3) is 0.714. The molecule has 1 heterocycles. The molecular formula is C14H26N4O. The van der Waals surface area contributed by atoms with Gasteiger partial charge in [0.1, 0.15) is 17.5 Å². The van der Waals surface area contributed by atoms with Crippen molar-refractivity contribution < 1.29 is 5.11 Å². The Hall–Kier alpha value is -1.36. The third kappa shape index (κ3) is 4.67. The van der Waals surface area contributed by atoms with Gasteiger partial charge < -0.3 is 15.7 Å². The fourth-order valence-corrected chi connectivity index (χ4v) is 1.65. The van der Waals surface area contributed by atoms with Gasteiger partial charge in [0.2, 0.25) is 0 Å². The first-order chi connectivity index (χ1) is 8.95. The lowest BCUT2D eigenvalue weighted by Crippen LogP contribution is -2.25. The standard InChI is InChI=1S/C14H26N4O/c1-6-7-15-13-10(4)14(18-11(5)17-13)16-8-12(19)9(2)3/h9,12,19H,6-8H2,1-5H3,(H2,15,16,17,18). The van der Waals surface area contributed by atoms with Gasteiger partial charge in [0.25, 0.3) is 0 Å². The molecule has 1 aromatic rings. The van der Waals surface area contributed by atoms with Gasteiger partial charge in [0.15, 0.2) is 0 Å². The average molecular weight is 266 g/mol. The van der Waals surface area contributed by atoms with E-state index in [-0.39, 0.29) is 12.0 Å². The molecule has 1 aromatic heterocycles. The highest BCUT2D eigenvalue weighted by molar-refractivity contribution is 5.57. The van der Waals surface area contributed by atoms with Crippen molar-refractivity contribution in [1.29, 1.82) is 0 Å². The molecule has 0 saturated heterocycles. The van der Waals surface area contributed by atoms with E-state index in [9.17, 15) is 5.11 Å². The fourth-order valence-electron chi connectivity index (χ4n) is 1.65. The van der Waals surface area contributed by atoms with Crippen LogP contribution >= 0.6 is 0 Å². The first-order valence-electron chi connectivity index (χ1n) is 6.96. The maximum atomic E-state index is 9.84. The largest absolute Gasteiger partial charge is 0.391 e. The zero-order valence-electron chi connectivity index (χ0n) is 12.6. The van der Waals surface area contributed by atoms with Crippen molar-refractivity contribution >= 4 is 11.6 Å². The third-order valence-corrected chi connectivity index (χ3v) is 3.05. The van der Waals surface area contributed by atoms with Crippen LogP contribution in [-0.4, -0.2) is 34.3 Å². The van der Waals surface area contributed by atoms with E-state index in [1.807, 2.05) is 27.7 Å². The lowest BCUT2D eigenvalue weighted by atomic mass is 10.1. The van der Waals surface area contributed by atoms with Crippen LogP contribution in [-0.2, 0) is 0 Å². The first kappa shape index (κ1) is 15.7. The van der Waals surface area contributed by atoms with E-state index in [4.69, 9.17) is 0 Å². The Labute approximate surface area is 115 Å². The molecule has 108 valence electrons. The van der Waals surface area contributed by atoms with Crippen LogP contribution in [0.25, 0.3) is 0 Å². The summed E-state index contributed by atoms with van der Waals surface area (Å²) < 4.78 is 0. The van der Waals surface area contributed by atoms with Crippen LogP contribution in [0.4, 0.5) is 11.6 Å². The van der Waals surface area contributed by atoms with Gasteiger partial charge in [-0.1, -0.05) is 20.8 Å². The third-order valence-electron chi connectivity index (χ3n) is 3.05. The number of hydrogen-bond acceptors (Lipinski definition) is 5. The van der Waals surface area contributed by atoms with Gasteiger partial charge in [-0.05, 0) is 26.2 Å². The van der Waals surface area contributed by atoms with Crippen molar-refractivity contribution in [2.45, 2.75) is 47.1 Å². The minimum Gasteiger partial charge on any atom is -0.391 e. The maximum Gasteiger partial charge on any atom is 0.134 e. The van der Waals surface area contributed by atoms with E-state index in [0.29, 0.717) is 6.54 Å². The Kier molecular flexibility index (Phi) is 6.02. The SMILES string of the molecule is CCCNc1nc(C)nc(NCC(O)C(C)C)c1C. The number of anilines is 2. The Morgan fingerprint density at radius 1 is 1.11 bits per heavy atom. The van der Waals surface area contributed by atoms with E-state index in [0.717, 1.165) is 36.0 Å². The predicted octanol–water partition coefficient (Wildman–Crippen LogP) is 2.34. The molecule has 1 unspecified atom stereocenters. The molecule has 0 aromatic carbocycles. The predicted molar refractivity (Wildman–Crippen MR) is 79.6 cm³/mol. The Bertz CT molecular complexity index is 407. The van der Waals surface area contributed by atoms with Gasteiger partial charge in [-0.3, -0.25) is 0 Å². The lowest BCUT2D eigenvalue weighted by molar-refractivity contribution is 0.138. The van der Waals surface area contributed by atoms with Crippen molar-refractivity contribution in [2.24, 2.45) is 5.92 Å². The lowest BCUT2D eigenvalue weighted by Gasteiger charge is -2.18. The summed E-state index contributed by atoms with van der Waals surface area (Å²) in [5.41, 5.74) is 0.995. The summed E-state index contributed by atoms with van der Waals surface area (Å²) in [6.45, 7) is 11.4. The van der Waals surface area contributed by atoms with Gasteiger partial charge in [-0.15, -0.1) is 0 Å². The summed E-state index contributed by atoms with van der Waals surface area (Å²) in [6, 6.07) is 0. The van der Waals surface area contributed by atoms with E-state index in [2.05, 4.69) is 27.5 Å². The zero-order chi connectivity index (χ0) is 14.4. The number of nitrogens with one attached hydrogen (secondary N) is 2. The molecule has 0 bridgehead atoms. The number of nitrogens with zero attached hydrogens (tertiary/aromatic N) is 2. The van der Waals surface area contributed by atoms with Crippen molar-refractivity contribution in [3.8, 4) is 0 Å². The maximum absolute atomic E-state index is 9.84. The molecule has 3 N–H and O–H groups in total. The minimum absolute atomic E-state index is 0.230. The van der Waals surface area contributed by atoms with Crippen LogP contribution < -0.4 is 10.6 Å². The van der Waals surface area contributed by atoms with Gasteiger partial charge >= 0.3 is 0 Å². The quantitative estimate of drug-likeness (QED) is 0.706. The highest BCUT2D eigenvalue weighted by Gasteiger charge is 2.12.